The van der Waals surface area contributed by atoms with Crippen LogP contribution in [0.4, 0.5) is 0 Å². The van der Waals surface area contributed by atoms with E-state index in [9.17, 15) is 20.1 Å². The van der Waals surface area contributed by atoms with Crippen LogP contribution < -0.4 is 0 Å². The maximum Gasteiger partial charge on any atom is 0.227 e. The number of hydrogen-bond donors (Lipinski definition) is 3. The van der Waals surface area contributed by atoms with Gasteiger partial charge in [0, 0.05) is 10.5 Å². The molecular weight excluding hydrogens is 294 g/mol. The number of carbonyl (C=O) groups excluding carboxylic acids is 1. The third-order valence-electron chi connectivity index (χ3n) is 3.27. The minimum Gasteiger partial charge on any atom is -0.388 e. The monoisotopic (exact) mass is 309 g/mol. The Morgan fingerprint density at radius 3 is 2.73 bits per heavy atom. The van der Waals surface area contributed by atoms with Crippen molar-refractivity contribution in [3.05, 3.63) is 46.3 Å². The van der Waals surface area contributed by atoms with Gasteiger partial charge in [0.25, 0.3) is 0 Å². The number of aliphatic hydroxyl groups is 3. The standard InChI is InChI=1S/C13H15N3O6/c14-16-15-13(20,7-17)11(19)10-9(18)6-21-12(22-10)8-4-2-1-3-5-8/h1-5,7,9-12,18-20H,6H2/t9-,10-,11+,12?,13+/m1/s1. The zero-order chi connectivity index (χ0) is 16.2. The predicted octanol–water partition coefficient (Wildman–Crippen LogP) is 0.0202. The van der Waals surface area contributed by atoms with Crippen molar-refractivity contribution in [1.29, 1.82) is 0 Å². The van der Waals surface area contributed by atoms with Crippen molar-refractivity contribution in [2.75, 3.05) is 6.61 Å². The molecule has 1 fully saturated rings. The van der Waals surface area contributed by atoms with Gasteiger partial charge in [0.05, 0.1) is 6.61 Å². The number of carbonyl (C=O) groups is 1. The number of aliphatic hydroxyl groups excluding tert-OH is 2. The number of aldehydes is 1. The fraction of sp³-hybridized carbons (Fsp3) is 0.462. The van der Waals surface area contributed by atoms with Crippen LogP contribution in [0.1, 0.15) is 11.9 Å². The Morgan fingerprint density at radius 2 is 2.14 bits per heavy atom. The van der Waals surface area contributed by atoms with Gasteiger partial charge in [-0.1, -0.05) is 30.3 Å². The van der Waals surface area contributed by atoms with Crippen molar-refractivity contribution < 1.29 is 29.6 Å². The third-order valence-corrected chi connectivity index (χ3v) is 3.27. The van der Waals surface area contributed by atoms with E-state index in [0.717, 1.165) is 0 Å². The van der Waals surface area contributed by atoms with Gasteiger partial charge in [-0.15, -0.1) is 0 Å². The average molecular weight is 309 g/mol. The largest absolute Gasteiger partial charge is 0.388 e. The fourth-order valence-corrected chi connectivity index (χ4v) is 2.09. The highest BCUT2D eigenvalue weighted by atomic mass is 16.7. The molecule has 1 aliphatic heterocycles. The van der Waals surface area contributed by atoms with E-state index >= 15 is 0 Å². The van der Waals surface area contributed by atoms with E-state index in [-0.39, 0.29) is 12.9 Å². The molecule has 1 aromatic carbocycles. The van der Waals surface area contributed by atoms with Gasteiger partial charge in [-0.05, 0) is 10.6 Å². The number of benzene rings is 1. The van der Waals surface area contributed by atoms with Gasteiger partial charge in [0.1, 0.15) is 18.3 Å². The predicted molar refractivity (Wildman–Crippen MR) is 72.2 cm³/mol. The first kappa shape index (κ1) is 16.4. The molecule has 1 aromatic rings. The molecule has 0 bridgehead atoms. The summed E-state index contributed by atoms with van der Waals surface area (Å²) in [6.45, 7) is -0.188. The quantitative estimate of drug-likeness (QED) is 0.302. The molecule has 2 rings (SSSR count). The number of nitrogens with zero attached hydrogens (tertiary/aromatic N) is 3. The second-order valence-corrected chi connectivity index (χ2v) is 4.78. The van der Waals surface area contributed by atoms with Crippen LogP contribution in [-0.2, 0) is 14.3 Å². The van der Waals surface area contributed by atoms with Crippen LogP contribution in [0.3, 0.4) is 0 Å². The highest BCUT2D eigenvalue weighted by Gasteiger charge is 2.46. The first-order chi connectivity index (χ1) is 10.5. The lowest BCUT2D eigenvalue weighted by Gasteiger charge is -2.39. The molecule has 1 heterocycles. The van der Waals surface area contributed by atoms with Crippen LogP contribution >= 0.6 is 0 Å². The van der Waals surface area contributed by atoms with Crippen LogP contribution in [0, 0.1) is 0 Å². The molecule has 3 N–H and O–H groups in total. The molecule has 0 aromatic heterocycles. The summed E-state index contributed by atoms with van der Waals surface area (Å²) >= 11 is 0. The van der Waals surface area contributed by atoms with Crippen LogP contribution in [0.5, 0.6) is 0 Å². The first-order valence-corrected chi connectivity index (χ1v) is 6.45. The van der Waals surface area contributed by atoms with E-state index in [1.54, 1.807) is 30.3 Å². The molecule has 0 spiro atoms. The summed E-state index contributed by atoms with van der Waals surface area (Å²) in [5.41, 5.74) is 6.27. The zero-order valence-corrected chi connectivity index (χ0v) is 11.4. The van der Waals surface area contributed by atoms with Crippen molar-refractivity contribution in [3.8, 4) is 0 Å². The van der Waals surface area contributed by atoms with Crippen LogP contribution in [-0.4, -0.2) is 52.2 Å². The average Bonchev–Trinajstić information content (AvgIpc) is 2.55. The summed E-state index contributed by atoms with van der Waals surface area (Å²) in [5, 5.41) is 32.6. The van der Waals surface area contributed by atoms with E-state index in [1.807, 2.05) is 0 Å². The zero-order valence-electron chi connectivity index (χ0n) is 11.4. The fourth-order valence-electron chi connectivity index (χ4n) is 2.09. The molecular formula is C13H15N3O6. The second kappa shape index (κ2) is 6.84. The Labute approximate surface area is 125 Å². The molecule has 1 aliphatic rings. The van der Waals surface area contributed by atoms with E-state index in [1.165, 1.54) is 0 Å². The lowest BCUT2D eigenvalue weighted by Crippen LogP contribution is -2.57. The summed E-state index contributed by atoms with van der Waals surface area (Å²) in [4.78, 5) is 13.2. The van der Waals surface area contributed by atoms with Crippen LogP contribution in [0.25, 0.3) is 10.4 Å². The molecule has 22 heavy (non-hydrogen) atoms. The highest BCUT2D eigenvalue weighted by Crippen LogP contribution is 2.30. The minimum absolute atomic E-state index is 0.111. The minimum atomic E-state index is -2.74. The van der Waals surface area contributed by atoms with Gasteiger partial charge in [-0.2, -0.15) is 0 Å². The van der Waals surface area contributed by atoms with Crippen LogP contribution in [0.2, 0.25) is 0 Å². The topological polar surface area (TPSA) is 145 Å². The summed E-state index contributed by atoms with van der Waals surface area (Å²) < 4.78 is 10.7. The van der Waals surface area contributed by atoms with Crippen molar-refractivity contribution >= 4 is 6.29 Å². The SMILES string of the molecule is [N-]=[N+]=N[C@](O)(C=O)[C@@H](O)[C@@H]1OC(c2ccccc2)OC[C@H]1O. The van der Waals surface area contributed by atoms with E-state index in [2.05, 4.69) is 10.0 Å². The maximum absolute atomic E-state index is 10.9. The van der Waals surface area contributed by atoms with Crippen LogP contribution in [0.15, 0.2) is 35.4 Å². The number of azide groups is 1. The summed E-state index contributed by atoms with van der Waals surface area (Å²) in [5.74, 6) is 0. The van der Waals surface area contributed by atoms with Gasteiger partial charge in [-0.3, -0.25) is 4.79 Å². The van der Waals surface area contributed by atoms with Crippen molar-refractivity contribution in [2.45, 2.75) is 30.3 Å². The molecule has 1 saturated heterocycles. The van der Waals surface area contributed by atoms with E-state index in [0.29, 0.717) is 5.56 Å². The third kappa shape index (κ3) is 3.25. The van der Waals surface area contributed by atoms with Crippen molar-refractivity contribution in [2.24, 2.45) is 5.11 Å². The molecule has 0 saturated carbocycles. The van der Waals surface area contributed by atoms with Gasteiger partial charge >= 0.3 is 0 Å². The Balaban J connectivity index is 2.21. The Bertz CT molecular complexity index is 564. The summed E-state index contributed by atoms with van der Waals surface area (Å²) in [6, 6.07) is 8.72. The number of rotatable bonds is 5. The van der Waals surface area contributed by atoms with E-state index in [4.69, 9.17) is 15.0 Å². The maximum atomic E-state index is 10.9. The lowest BCUT2D eigenvalue weighted by atomic mass is 9.98. The normalized spacial score (nSPS) is 29.0. The van der Waals surface area contributed by atoms with Crippen molar-refractivity contribution in [1.82, 2.24) is 0 Å². The smallest absolute Gasteiger partial charge is 0.227 e. The highest BCUT2D eigenvalue weighted by molar-refractivity contribution is 5.63. The van der Waals surface area contributed by atoms with E-state index < -0.39 is 30.3 Å². The lowest BCUT2D eigenvalue weighted by molar-refractivity contribution is -0.288. The molecule has 9 heteroatoms. The molecule has 118 valence electrons. The number of hydrogen-bond acceptors (Lipinski definition) is 7. The molecule has 0 aliphatic carbocycles. The first-order valence-electron chi connectivity index (χ1n) is 6.45. The van der Waals surface area contributed by atoms with Gasteiger partial charge < -0.3 is 24.8 Å². The van der Waals surface area contributed by atoms with Gasteiger partial charge in [0.2, 0.25) is 5.72 Å². The molecule has 5 atom stereocenters. The number of ether oxygens (including phenoxy) is 2. The van der Waals surface area contributed by atoms with Crippen molar-refractivity contribution in [3.63, 3.8) is 0 Å². The Hall–Kier alpha value is -2.00. The van der Waals surface area contributed by atoms with Gasteiger partial charge in [-0.25, -0.2) is 0 Å². The Kier molecular flexibility index (Phi) is 5.09. The molecule has 0 radical (unpaired) electrons. The summed E-state index contributed by atoms with van der Waals surface area (Å²) in [6.07, 6.45) is -5.65. The van der Waals surface area contributed by atoms with Gasteiger partial charge in [0.15, 0.2) is 12.6 Å². The summed E-state index contributed by atoms with van der Waals surface area (Å²) in [7, 11) is 0. The Morgan fingerprint density at radius 1 is 1.45 bits per heavy atom. The second-order valence-electron chi connectivity index (χ2n) is 4.78. The molecule has 1 unspecified atom stereocenters. The molecule has 9 nitrogen and oxygen atoms in total. The molecule has 0 amide bonds.